The summed E-state index contributed by atoms with van der Waals surface area (Å²) in [5, 5.41) is 3.25. The highest BCUT2D eigenvalue weighted by Crippen LogP contribution is 2.54. The first kappa shape index (κ1) is 22.3. The maximum Gasteiger partial charge on any atom is 0.303 e. The maximum absolute atomic E-state index is 12.9. The van der Waals surface area contributed by atoms with Crippen LogP contribution in [0.5, 0.6) is 5.75 Å². The molecule has 170 valence electrons. The Hall–Kier alpha value is -2.86. The fraction of sp³-hybridized carbons (Fsp3) is 0.462. The molecule has 1 saturated carbocycles. The zero-order valence-electron chi connectivity index (χ0n) is 19.1. The summed E-state index contributed by atoms with van der Waals surface area (Å²) in [4.78, 5) is 27.4. The Bertz CT molecular complexity index is 979. The molecule has 0 spiro atoms. The number of amides is 1. The molecule has 0 radical (unpaired) electrons. The Morgan fingerprint density at radius 3 is 2.59 bits per heavy atom. The van der Waals surface area contributed by atoms with Gasteiger partial charge in [-0.2, -0.15) is 0 Å². The van der Waals surface area contributed by atoms with Crippen molar-refractivity contribution in [3.63, 3.8) is 0 Å². The summed E-state index contributed by atoms with van der Waals surface area (Å²) in [6.45, 7) is 3.05. The van der Waals surface area contributed by atoms with Crippen molar-refractivity contribution in [2.24, 2.45) is 0 Å². The van der Waals surface area contributed by atoms with E-state index in [1.54, 1.807) is 7.11 Å². The molecule has 1 amide bonds. The third-order valence-electron chi connectivity index (χ3n) is 7.14. The Morgan fingerprint density at radius 1 is 1.09 bits per heavy atom. The molecular weight excluding hydrogens is 404 g/mol. The smallest absolute Gasteiger partial charge is 0.303 e. The Kier molecular flexibility index (Phi) is 6.24. The van der Waals surface area contributed by atoms with Crippen molar-refractivity contribution in [1.82, 2.24) is 10.2 Å². The molecule has 2 aromatic rings. The van der Waals surface area contributed by atoms with Crippen molar-refractivity contribution in [1.29, 1.82) is 0 Å². The molecule has 0 aromatic heterocycles. The topological polar surface area (TPSA) is 67.9 Å². The number of nitrogens with zero attached hydrogens (tertiary/aromatic N) is 1. The summed E-state index contributed by atoms with van der Waals surface area (Å²) >= 11 is 0. The van der Waals surface area contributed by atoms with Gasteiger partial charge < -0.3 is 19.7 Å². The van der Waals surface area contributed by atoms with Crippen LogP contribution >= 0.6 is 0 Å². The highest BCUT2D eigenvalue weighted by molar-refractivity contribution is 5.94. The van der Waals surface area contributed by atoms with Crippen molar-refractivity contribution in [3.8, 4) is 5.75 Å². The fourth-order valence-corrected chi connectivity index (χ4v) is 5.70. The van der Waals surface area contributed by atoms with Gasteiger partial charge in [0.1, 0.15) is 11.4 Å². The lowest BCUT2D eigenvalue weighted by molar-refractivity contribution is -0.185. The SMILES string of the molecule is COc1cccc([C@@]23CCN(C)C[C@@]2(OC(C)=O)CC[C@H](NC(=O)c2ccccc2)C3)c1. The van der Waals surface area contributed by atoms with Crippen LogP contribution in [0, 0.1) is 0 Å². The van der Waals surface area contributed by atoms with Crippen LogP contribution < -0.4 is 10.1 Å². The molecule has 3 atom stereocenters. The minimum atomic E-state index is -0.647. The zero-order valence-corrected chi connectivity index (χ0v) is 19.1. The normalized spacial score (nSPS) is 27.8. The molecule has 1 aliphatic carbocycles. The van der Waals surface area contributed by atoms with Crippen molar-refractivity contribution >= 4 is 11.9 Å². The van der Waals surface area contributed by atoms with Crippen LogP contribution in [0.25, 0.3) is 0 Å². The van der Waals surface area contributed by atoms with E-state index in [1.807, 2.05) is 42.5 Å². The van der Waals surface area contributed by atoms with Gasteiger partial charge in [0, 0.05) is 30.5 Å². The van der Waals surface area contributed by atoms with E-state index in [0.717, 1.165) is 30.7 Å². The molecule has 1 N–H and O–H groups in total. The van der Waals surface area contributed by atoms with Crippen LogP contribution in [0.4, 0.5) is 0 Å². The van der Waals surface area contributed by atoms with Gasteiger partial charge in [-0.3, -0.25) is 9.59 Å². The molecule has 1 aliphatic heterocycles. The minimum Gasteiger partial charge on any atom is -0.497 e. The third-order valence-corrected chi connectivity index (χ3v) is 7.14. The number of nitrogens with one attached hydrogen (secondary N) is 1. The second kappa shape index (κ2) is 8.94. The zero-order chi connectivity index (χ0) is 22.8. The van der Waals surface area contributed by atoms with Gasteiger partial charge in [0.05, 0.1) is 7.11 Å². The van der Waals surface area contributed by atoms with Crippen molar-refractivity contribution in [2.45, 2.75) is 49.7 Å². The first-order valence-electron chi connectivity index (χ1n) is 11.3. The molecule has 2 aromatic carbocycles. The molecule has 6 heteroatoms. The average Bonchev–Trinajstić information content (AvgIpc) is 2.79. The van der Waals surface area contributed by atoms with Gasteiger partial charge in [-0.05, 0) is 69.1 Å². The van der Waals surface area contributed by atoms with E-state index in [0.29, 0.717) is 24.9 Å². The predicted octanol–water partition coefficient (Wildman–Crippen LogP) is 3.55. The molecule has 1 heterocycles. The number of piperidine rings is 1. The number of carbonyl (C=O) groups is 2. The van der Waals surface area contributed by atoms with Gasteiger partial charge in [0.2, 0.25) is 0 Å². The Morgan fingerprint density at radius 2 is 1.88 bits per heavy atom. The summed E-state index contributed by atoms with van der Waals surface area (Å²) in [6, 6.07) is 17.4. The summed E-state index contributed by atoms with van der Waals surface area (Å²) in [7, 11) is 3.73. The molecule has 2 aliphatic rings. The number of carbonyl (C=O) groups excluding carboxylic acids is 2. The first-order valence-corrected chi connectivity index (χ1v) is 11.3. The van der Waals surface area contributed by atoms with E-state index in [4.69, 9.17) is 9.47 Å². The Balaban J connectivity index is 1.72. The summed E-state index contributed by atoms with van der Waals surface area (Å²) < 4.78 is 11.7. The van der Waals surface area contributed by atoms with E-state index in [2.05, 4.69) is 29.4 Å². The number of fused-ring (bicyclic) bond motifs is 1. The van der Waals surface area contributed by atoms with Gasteiger partial charge in [0.15, 0.2) is 0 Å². The second-order valence-electron chi connectivity index (χ2n) is 9.17. The second-order valence-corrected chi connectivity index (χ2v) is 9.17. The number of hydrogen-bond acceptors (Lipinski definition) is 5. The molecule has 2 fully saturated rings. The van der Waals surface area contributed by atoms with E-state index in [-0.39, 0.29) is 17.9 Å². The number of ether oxygens (including phenoxy) is 2. The fourth-order valence-electron chi connectivity index (χ4n) is 5.70. The van der Waals surface area contributed by atoms with Gasteiger partial charge in [-0.15, -0.1) is 0 Å². The highest BCUT2D eigenvalue weighted by atomic mass is 16.6. The van der Waals surface area contributed by atoms with Gasteiger partial charge >= 0.3 is 5.97 Å². The number of methoxy groups -OCH3 is 1. The molecule has 6 nitrogen and oxygen atoms in total. The predicted molar refractivity (Wildman–Crippen MR) is 123 cm³/mol. The van der Waals surface area contributed by atoms with Crippen LogP contribution in [-0.2, 0) is 14.9 Å². The van der Waals surface area contributed by atoms with Gasteiger partial charge in [-0.1, -0.05) is 30.3 Å². The number of likely N-dealkylation sites (N-methyl/N-ethyl adjacent to an activating group) is 1. The van der Waals surface area contributed by atoms with Crippen LogP contribution in [0.1, 0.15) is 48.5 Å². The highest BCUT2D eigenvalue weighted by Gasteiger charge is 2.60. The van der Waals surface area contributed by atoms with Crippen LogP contribution in [0.3, 0.4) is 0 Å². The molecule has 0 bridgehead atoms. The molecule has 4 rings (SSSR count). The lowest BCUT2D eigenvalue weighted by atomic mass is 9.55. The molecule has 1 saturated heterocycles. The standard InChI is InChI=1S/C26H32N2O4/c1-19(29)32-26-13-12-22(27-24(30)20-8-5-4-6-9-20)17-25(26,14-15-28(2)18-26)21-10-7-11-23(16-21)31-3/h4-11,16,22H,12-15,17-18H2,1-3H3,(H,27,30)/t22-,25-,26-/m0/s1. The average molecular weight is 437 g/mol. The number of benzene rings is 2. The largest absolute Gasteiger partial charge is 0.497 e. The lowest BCUT2D eigenvalue weighted by Crippen LogP contribution is -2.68. The van der Waals surface area contributed by atoms with Gasteiger partial charge in [0.25, 0.3) is 5.91 Å². The number of hydrogen-bond donors (Lipinski definition) is 1. The number of rotatable bonds is 5. The summed E-state index contributed by atoms with van der Waals surface area (Å²) in [5.74, 6) is 0.451. The van der Waals surface area contributed by atoms with E-state index >= 15 is 0 Å². The lowest BCUT2D eigenvalue weighted by Gasteiger charge is -2.59. The van der Waals surface area contributed by atoms with E-state index < -0.39 is 11.0 Å². The molecule has 0 unspecified atom stereocenters. The Labute approximate surface area is 189 Å². The minimum absolute atomic E-state index is 0.0130. The van der Waals surface area contributed by atoms with Crippen LogP contribution in [0.2, 0.25) is 0 Å². The van der Waals surface area contributed by atoms with Crippen LogP contribution in [-0.4, -0.2) is 55.7 Å². The van der Waals surface area contributed by atoms with Crippen molar-refractivity contribution < 1.29 is 19.1 Å². The monoisotopic (exact) mass is 436 g/mol. The van der Waals surface area contributed by atoms with Gasteiger partial charge in [-0.25, -0.2) is 0 Å². The maximum atomic E-state index is 12.9. The van der Waals surface area contributed by atoms with Crippen molar-refractivity contribution in [2.75, 3.05) is 27.2 Å². The number of esters is 1. The third kappa shape index (κ3) is 4.11. The van der Waals surface area contributed by atoms with Crippen LogP contribution in [0.15, 0.2) is 54.6 Å². The number of likely N-dealkylation sites (tertiary alicyclic amines) is 1. The summed E-state index contributed by atoms with van der Waals surface area (Å²) in [5.41, 5.74) is 0.701. The first-order chi connectivity index (χ1) is 15.4. The molecule has 32 heavy (non-hydrogen) atoms. The van der Waals surface area contributed by atoms with E-state index in [9.17, 15) is 9.59 Å². The molecular formula is C26H32N2O4. The summed E-state index contributed by atoms with van der Waals surface area (Å²) in [6.07, 6.45) is 2.99. The van der Waals surface area contributed by atoms with Crippen molar-refractivity contribution in [3.05, 3.63) is 65.7 Å². The van der Waals surface area contributed by atoms with E-state index in [1.165, 1.54) is 6.92 Å². The quantitative estimate of drug-likeness (QED) is 0.726.